The first-order valence-electron chi connectivity index (χ1n) is 10.3. The molecule has 0 aromatic heterocycles. The van der Waals surface area contributed by atoms with Gasteiger partial charge in [0, 0.05) is 22.6 Å². The molecule has 3 aromatic carbocycles. The minimum absolute atomic E-state index is 0.0691. The third-order valence-electron chi connectivity index (χ3n) is 4.85. The number of ether oxygens (including phenoxy) is 2. The fourth-order valence-electron chi connectivity index (χ4n) is 3.42. The van der Waals surface area contributed by atoms with Crippen LogP contribution in [0.2, 0.25) is 0 Å². The van der Waals surface area contributed by atoms with E-state index in [4.69, 9.17) is 9.47 Å². The molecule has 0 heterocycles. The average molecular weight is 392 g/mol. The van der Waals surface area contributed by atoms with Gasteiger partial charge in [-0.1, -0.05) is 49.7 Å². The molecule has 0 saturated heterocycles. The predicted molar refractivity (Wildman–Crippen MR) is 118 cm³/mol. The molecule has 152 valence electrons. The summed E-state index contributed by atoms with van der Waals surface area (Å²) < 4.78 is 11.9. The van der Waals surface area contributed by atoms with Gasteiger partial charge in [0.05, 0.1) is 6.61 Å². The maximum atomic E-state index is 12.6. The number of carbonyl (C=O) groups excluding carboxylic acids is 1. The lowest BCUT2D eigenvalue weighted by Crippen LogP contribution is -2.32. The smallest absolute Gasteiger partial charge is 0.251 e. The molecule has 3 aromatic rings. The molecule has 29 heavy (non-hydrogen) atoms. The van der Waals surface area contributed by atoms with E-state index >= 15 is 0 Å². The Hall–Kier alpha value is -3.01. The first kappa shape index (κ1) is 20.7. The van der Waals surface area contributed by atoms with Crippen LogP contribution in [0.5, 0.6) is 11.5 Å². The molecule has 0 aliphatic rings. The number of rotatable bonds is 9. The number of hydrogen-bond acceptors (Lipinski definition) is 3. The second-order valence-electron chi connectivity index (χ2n) is 7.18. The molecule has 0 bridgehead atoms. The molecule has 0 spiro atoms. The van der Waals surface area contributed by atoms with Crippen LogP contribution < -0.4 is 14.8 Å². The first-order valence-corrected chi connectivity index (χ1v) is 10.3. The molecule has 0 aliphatic heterocycles. The molecule has 3 rings (SSSR count). The normalized spacial score (nSPS) is 11.8. The van der Waals surface area contributed by atoms with Crippen LogP contribution in [-0.4, -0.2) is 18.6 Å². The van der Waals surface area contributed by atoms with Crippen LogP contribution in [0.1, 0.15) is 49.5 Å². The van der Waals surface area contributed by atoms with Crippen molar-refractivity contribution < 1.29 is 14.3 Å². The maximum Gasteiger partial charge on any atom is 0.251 e. The van der Waals surface area contributed by atoms with Gasteiger partial charge >= 0.3 is 0 Å². The first-order chi connectivity index (χ1) is 14.1. The Morgan fingerprint density at radius 2 is 1.76 bits per heavy atom. The summed E-state index contributed by atoms with van der Waals surface area (Å²) in [6.07, 6.45) is 1.99. The van der Waals surface area contributed by atoms with Crippen molar-refractivity contribution in [3.63, 3.8) is 0 Å². The molecular weight excluding hydrogens is 362 g/mol. The fourth-order valence-corrected chi connectivity index (χ4v) is 3.42. The molecule has 0 fully saturated rings. The Balaban J connectivity index is 1.81. The van der Waals surface area contributed by atoms with Crippen molar-refractivity contribution in [3.05, 3.63) is 71.8 Å². The third kappa shape index (κ3) is 5.29. The summed E-state index contributed by atoms with van der Waals surface area (Å²) in [4.78, 5) is 12.6. The van der Waals surface area contributed by atoms with Gasteiger partial charge in [0.1, 0.15) is 18.1 Å². The Labute approximate surface area is 172 Å². The molecule has 0 radical (unpaired) electrons. The number of benzene rings is 3. The van der Waals surface area contributed by atoms with E-state index in [0.717, 1.165) is 40.7 Å². The van der Waals surface area contributed by atoms with Crippen LogP contribution in [0.15, 0.2) is 60.7 Å². The van der Waals surface area contributed by atoms with E-state index in [-0.39, 0.29) is 11.9 Å². The topological polar surface area (TPSA) is 47.6 Å². The number of nitrogens with one attached hydrogen (secondary N) is 1. The Morgan fingerprint density at radius 1 is 0.966 bits per heavy atom. The zero-order valence-corrected chi connectivity index (χ0v) is 17.4. The average Bonchev–Trinajstić information content (AvgIpc) is 2.73. The third-order valence-corrected chi connectivity index (χ3v) is 4.85. The summed E-state index contributed by atoms with van der Waals surface area (Å²) in [5.41, 5.74) is 1.48. The summed E-state index contributed by atoms with van der Waals surface area (Å²) in [5, 5.41) is 5.25. The number of hydrogen-bond donors (Lipinski definition) is 1. The molecular formula is C25H29NO3. The van der Waals surface area contributed by atoms with E-state index < -0.39 is 0 Å². The highest BCUT2D eigenvalue weighted by Crippen LogP contribution is 2.28. The summed E-state index contributed by atoms with van der Waals surface area (Å²) in [7, 11) is 0. The zero-order chi connectivity index (χ0) is 20.6. The summed E-state index contributed by atoms with van der Waals surface area (Å²) in [5.74, 6) is 1.49. The molecule has 1 atom stereocenters. The van der Waals surface area contributed by atoms with E-state index in [0.29, 0.717) is 18.8 Å². The van der Waals surface area contributed by atoms with Gasteiger partial charge in [0.15, 0.2) is 0 Å². The SMILES string of the molecule is CCCC(C)NC(=O)c1ccc(OCC)c(COc2cccc3ccccc23)c1. The summed E-state index contributed by atoms with van der Waals surface area (Å²) in [6, 6.07) is 19.8. The minimum Gasteiger partial charge on any atom is -0.493 e. The predicted octanol–water partition coefficient (Wildman–Crippen LogP) is 5.74. The highest BCUT2D eigenvalue weighted by Gasteiger charge is 2.13. The lowest BCUT2D eigenvalue weighted by Gasteiger charge is -2.16. The molecule has 4 nitrogen and oxygen atoms in total. The van der Waals surface area contributed by atoms with E-state index in [1.54, 1.807) is 6.07 Å². The van der Waals surface area contributed by atoms with Crippen LogP contribution in [0.25, 0.3) is 10.8 Å². The van der Waals surface area contributed by atoms with Gasteiger partial charge in [0.2, 0.25) is 0 Å². The monoisotopic (exact) mass is 391 g/mol. The standard InChI is InChI=1S/C25H29NO3/c1-4-9-18(3)26-25(27)20-14-15-23(28-5-2)21(16-20)17-29-24-13-8-11-19-10-6-7-12-22(19)24/h6-8,10-16,18H,4-5,9,17H2,1-3H3,(H,26,27). The van der Waals surface area contributed by atoms with Crippen molar-refractivity contribution in [2.24, 2.45) is 0 Å². The van der Waals surface area contributed by atoms with Gasteiger partial charge in [-0.3, -0.25) is 4.79 Å². The quantitative estimate of drug-likeness (QED) is 0.506. The lowest BCUT2D eigenvalue weighted by molar-refractivity contribution is 0.0938. The van der Waals surface area contributed by atoms with Gasteiger partial charge in [0.25, 0.3) is 5.91 Å². The van der Waals surface area contributed by atoms with Crippen molar-refractivity contribution in [3.8, 4) is 11.5 Å². The van der Waals surface area contributed by atoms with Gasteiger partial charge in [-0.15, -0.1) is 0 Å². The van der Waals surface area contributed by atoms with Crippen LogP contribution in [0, 0.1) is 0 Å². The van der Waals surface area contributed by atoms with Gasteiger partial charge in [-0.25, -0.2) is 0 Å². The molecule has 0 aliphatic carbocycles. The summed E-state index contributed by atoms with van der Waals surface area (Å²) in [6.45, 7) is 6.97. The largest absolute Gasteiger partial charge is 0.493 e. The van der Waals surface area contributed by atoms with Gasteiger partial charge < -0.3 is 14.8 Å². The Morgan fingerprint density at radius 3 is 2.55 bits per heavy atom. The second kappa shape index (κ2) is 9.97. The van der Waals surface area contributed by atoms with Gasteiger partial charge in [-0.05, 0) is 49.9 Å². The maximum absolute atomic E-state index is 12.6. The van der Waals surface area contributed by atoms with Crippen molar-refractivity contribution in [1.82, 2.24) is 5.32 Å². The van der Waals surface area contributed by atoms with Gasteiger partial charge in [-0.2, -0.15) is 0 Å². The van der Waals surface area contributed by atoms with Crippen molar-refractivity contribution in [2.75, 3.05) is 6.61 Å². The molecule has 4 heteroatoms. The van der Waals surface area contributed by atoms with Crippen molar-refractivity contribution in [1.29, 1.82) is 0 Å². The van der Waals surface area contributed by atoms with E-state index in [2.05, 4.69) is 24.4 Å². The lowest BCUT2D eigenvalue weighted by atomic mass is 10.1. The summed E-state index contributed by atoms with van der Waals surface area (Å²) >= 11 is 0. The Kier molecular flexibility index (Phi) is 7.12. The van der Waals surface area contributed by atoms with Crippen molar-refractivity contribution in [2.45, 2.75) is 46.3 Å². The van der Waals surface area contributed by atoms with E-state index in [1.807, 2.05) is 56.3 Å². The highest BCUT2D eigenvalue weighted by molar-refractivity contribution is 5.94. The fraction of sp³-hybridized carbons (Fsp3) is 0.320. The molecule has 0 saturated carbocycles. The van der Waals surface area contributed by atoms with Crippen LogP contribution >= 0.6 is 0 Å². The molecule has 1 N–H and O–H groups in total. The highest BCUT2D eigenvalue weighted by atomic mass is 16.5. The molecule has 1 unspecified atom stereocenters. The number of amides is 1. The number of carbonyl (C=O) groups is 1. The Bertz CT molecular complexity index is 962. The van der Waals surface area contributed by atoms with E-state index in [1.165, 1.54) is 0 Å². The second-order valence-corrected chi connectivity index (χ2v) is 7.18. The van der Waals surface area contributed by atoms with Crippen molar-refractivity contribution >= 4 is 16.7 Å². The number of fused-ring (bicyclic) bond motifs is 1. The minimum atomic E-state index is -0.0691. The van der Waals surface area contributed by atoms with Crippen LogP contribution in [0.3, 0.4) is 0 Å². The van der Waals surface area contributed by atoms with Crippen LogP contribution in [0.4, 0.5) is 0 Å². The van der Waals surface area contributed by atoms with E-state index in [9.17, 15) is 4.79 Å². The van der Waals surface area contributed by atoms with Crippen LogP contribution in [-0.2, 0) is 6.61 Å². The molecule has 1 amide bonds. The zero-order valence-electron chi connectivity index (χ0n) is 17.4.